The average Bonchev–Trinajstić information content (AvgIpc) is 3.15. The molecule has 19 heavy (non-hydrogen) atoms. The summed E-state index contributed by atoms with van der Waals surface area (Å²) in [6, 6.07) is 4.96. The van der Waals surface area contributed by atoms with Crippen molar-refractivity contribution >= 4 is 21.7 Å². The molecule has 1 aromatic carbocycles. The number of rotatable bonds is 3. The molecule has 1 aliphatic carbocycles. The van der Waals surface area contributed by atoms with Crippen molar-refractivity contribution in [3.63, 3.8) is 0 Å². The molecule has 100 valence electrons. The molecule has 0 radical (unpaired) electrons. The van der Waals surface area contributed by atoms with Crippen molar-refractivity contribution in [2.75, 3.05) is 5.73 Å². The van der Waals surface area contributed by atoms with Crippen LogP contribution in [-0.2, 0) is 6.54 Å². The molecule has 2 N–H and O–H groups in total. The average molecular weight is 324 g/mol. The van der Waals surface area contributed by atoms with E-state index in [0.29, 0.717) is 27.5 Å². The van der Waals surface area contributed by atoms with Gasteiger partial charge in [0.2, 0.25) is 0 Å². The first kappa shape index (κ1) is 12.7. The highest BCUT2D eigenvalue weighted by Gasteiger charge is 2.31. The van der Waals surface area contributed by atoms with E-state index >= 15 is 0 Å². The summed E-state index contributed by atoms with van der Waals surface area (Å²) in [7, 11) is 0. The van der Waals surface area contributed by atoms with Gasteiger partial charge in [0.15, 0.2) is 0 Å². The lowest BCUT2D eigenvalue weighted by Gasteiger charge is -2.05. The molecule has 3 rings (SSSR count). The largest absolute Gasteiger partial charge is 0.383 e. The molecular weight excluding hydrogens is 309 g/mol. The second-order valence-electron chi connectivity index (χ2n) is 4.85. The molecule has 0 atom stereocenters. The number of nitrogens with two attached hydrogens (primary N) is 1. The van der Waals surface area contributed by atoms with E-state index in [4.69, 9.17) is 5.73 Å². The molecule has 2 aromatic rings. The number of hydrogen-bond acceptors (Lipinski definition) is 2. The summed E-state index contributed by atoms with van der Waals surface area (Å²) in [5.41, 5.74) is 7.17. The summed E-state index contributed by atoms with van der Waals surface area (Å²) < 4.78 is 16.8. The first-order chi connectivity index (χ1) is 9.11. The van der Waals surface area contributed by atoms with E-state index < -0.39 is 0 Å². The van der Waals surface area contributed by atoms with Crippen LogP contribution in [0.1, 0.15) is 31.5 Å². The Morgan fingerprint density at radius 3 is 2.79 bits per heavy atom. The summed E-state index contributed by atoms with van der Waals surface area (Å²) in [6.07, 6.45) is 2.30. The van der Waals surface area contributed by atoms with Crippen LogP contribution in [0.15, 0.2) is 22.7 Å². The van der Waals surface area contributed by atoms with Gasteiger partial charge in [-0.15, -0.1) is 0 Å². The minimum atomic E-state index is -0.302. The van der Waals surface area contributed by atoms with Gasteiger partial charge in [0.1, 0.15) is 23.2 Å². The summed E-state index contributed by atoms with van der Waals surface area (Å²) in [6.45, 7) is 2.80. The normalized spacial score (nSPS) is 14.9. The highest BCUT2D eigenvalue weighted by molar-refractivity contribution is 9.10. The SMILES string of the molecule is CCn1c(C2CC2)nc(-c2ccc(Br)cc2F)c1N. The zero-order valence-electron chi connectivity index (χ0n) is 10.7. The van der Waals surface area contributed by atoms with Crippen molar-refractivity contribution in [3.8, 4) is 11.3 Å². The monoisotopic (exact) mass is 323 g/mol. The zero-order valence-corrected chi connectivity index (χ0v) is 12.2. The van der Waals surface area contributed by atoms with Gasteiger partial charge >= 0.3 is 0 Å². The molecule has 0 unspecified atom stereocenters. The van der Waals surface area contributed by atoms with Crippen LogP contribution in [0.3, 0.4) is 0 Å². The van der Waals surface area contributed by atoms with Gasteiger partial charge in [-0.05, 0) is 38.0 Å². The Morgan fingerprint density at radius 1 is 1.47 bits per heavy atom. The molecule has 1 fully saturated rings. The molecule has 1 aliphatic rings. The maximum Gasteiger partial charge on any atom is 0.133 e. The lowest BCUT2D eigenvalue weighted by Crippen LogP contribution is -2.04. The molecule has 0 spiro atoms. The van der Waals surface area contributed by atoms with Crippen molar-refractivity contribution in [3.05, 3.63) is 34.3 Å². The third-order valence-electron chi connectivity index (χ3n) is 3.48. The van der Waals surface area contributed by atoms with Crippen molar-refractivity contribution in [1.29, 1.82) is 0 Å². The van der Waals surface area contributed by atoms with E-state index in [1.807, 2.05) is 11.5 Å². The van der Waals surface area contributed by atoms with Gasteiger partial charge in [-0.3, -0.25) is 0 Å². The van der Waals surface area contributed by atoms with Gasteiger partial charge in [-0.25, -0.2) is 9.37 Å². The third-order valence-corrected chi connectivity index (χ3v) is 3.97. The highest BCUT2D eigenvalue weighted by atomic mass is 79.9. The number of benzene rings is 1. The Hall–Kier alpha value is -1.36. The minimum Gasteiger partial charge on any atom is -0.383 e. The topological polar surface area (TPSA) is 43.8 Å². The van der Waals surface area contributed by atoms with Gasteiger partial charge in [-0.2, -0.15) is 0 Å². The Balaban J connectivity index is 2.14. The molecular formula is C14H15BrFN3. The smallest absolute Gasteiger partial charge is 0.133 e. The quantitative estimate of drug-likeness (QED) is 0.930. The first-order valence-electron chi connectivity index (χ1n) is 6.43. The van der Waals surface area contributed by atoms with E-state index in [-0.39, 0.29) is 5.82 Å². The van der Waals surface area contributed by atoms with Crippen molar-refractivity contribution in [2.45, 2.75) is 32.2 Å². The second-order valence-corrected chi connectivity index (χ2v) is 5.76. The third kappa shape index (κ3) is 2.16. The number of imidazole rings is 1. The molecule has 1 heterocycles. The zero-order chi connectivity index (χ0) is 13.6. The van der Waals surface area contributed by atoms with Crippen LogP contribution < -0.4 is 5.73 Å². The van der Waals surface area contributed by atoms with Crippen molar-refractivity contribution in [1.82, 2.24) is 9.55 Å². The fraction of sp³-hybridized carbons (Fsp3) is 0.357. The van der Waals surface area contributed by atoms with Gasteiger partial charge < -0.3 is 10.3 Å². The lowest BCUT2D eigenvalue weighted by atomic mass is 10.1. The molecule has 0 saturated heterocycles. The lowest BCUT2D eigenvalue weighted by molar-refractivity contribution is 0.630. The summed E-state index contributed by atoms with van der Waals surface area (Å²) in [4.78, 5) is 4.59. The van der Waals surface area contributed by atoms with Crippen LogP contribution >= 0.6 is 15.9 Å². The van der Waals surface area contributed by atoms with Crippen molar-refractivity contribution < 1.29 is 4.39 Å². The molecule has 1 saturated carbocycles. The van der Waals surface area contributed by atoms with Crippen LogP contribution in [-0.4, -0.2) is 9.55 Å². The number of hydrogen-bond donors (Lipinski definition) is 1. The predicted molar refractivity (Wildman–Crippen MR) is 77.4 cm³/mol. The van der Waals surface area contributed by atoms with Crippen LogP contribution in [0.25, 0.3) is 11.3 Å². The standard InChI is InChI=1S/C14H15BrFN3/c1-2-19-13(17)12(18-14(19)8-3-4-8)10-6-5-9(15)7-11(10)16/h5-8H,2-4,17H2,1H3. The number of nitrogen functional groups attached to an aromatic ring is 1. The van der Waals surface area contributed by atoms with Gasteiger partial charge in [0, 0.05) is 22.5 Å². The van der Waals surface area contributed by atoms with Crippen LogP contribution in [0.5, 0.6) is 0 Å². The minimum absolute atomic E-state index is 0.302. The number of halogens is 2. The Bertz CT molecular complexity index is 632. The van der Waals surface area contributed by atoms with Gasteiger partial charge in [0.05, 0.1) is 0 Å². The van der Waals surface area contributed by atoms with Crippen LogP contribution in [0.4, 0.5) is 10.2 Å². The maximum atomic E-state index is 14.0. The van der Waals surface area contributed by atoms with E-state index in [9.17, 15) is 4.39 Å². The second kappa shape index (κ2) is 4.63. The van der Waals surface area contributed by atoms with Crippen LogP contribution in [0, 0.1) is 5.82 Å². The molecule has 1 aromatic heterocycles. The summed E-state index contributed by atoms with van der Waals surface area (Å²) in [5, 5.41) is 0. The van der Waals surface area contributed by atoms with Crippen molar-refractivity contribution in [2.24, 2.45) is 0 Å². The Labute approximate surface area is 119 Å². The number of anilines is 1. The number of aromatic nitrogens is 2. The Kier molecular flexibility index (Phi) is 3.09. The predicted octanol–water partition coefficient (Wildman–Crippen LogP) is 3.93. The van der Waals surface area contributed by atoms with E-state index in [1.165, 1.54) is 6.07 Å². The number of nitrogens with zero attached hydrogens (tertiary/aromatic N) is 2. The van der Waals surface area contributed by atoms with Gasteiger partial charge in [0.25, 0.3) is 0 Å². The molecule has 0 amide bonds. The summed E-state index contributed by atoms with van der Waals surface area (Å²) >= 11 is 3.26. The van der Waals surface area contributed by atoms with Gasteiger partial charge in [-0.1, -0.05) is 15.9 Å². The van der Waals surface area contributed by atoms with E-state index in [0.717, 1.165) is 25.2 Å². The molecule has 0 bridgehead atoms. The Morgan fingerprint density at radius 2 is 2.21 bits per heavy atom. The van der Waals surface area contributed by atoms with E-state index in [2.05, 4.69) is 20.9 Å². The fourth-order valence-electron chi connectivity index (χ4n) is 2.35. The molecule has 5 heteroatoms. The molecule has 0 aliphatic heterocycles. The summed E-state index contributed by atoms with van der Waals surface area (Å²) in [5.74, 6) is 1.75. The first-order valence-corrected chi connectivity index (χ1v) is 7.22. The van der Waals surface area contributed by atoms with E-state index in [1.54, 1.807) is 12.1 Å². The molecule has 3 nitrogen and oxygen atoms in total. The maximum absolute atomic E-state index is 14.0. The fourth-order valence-corrected chi connectivity index (χ4v) is 2.68. The van der Waals surface area contributed by atoms with Crippen LogP contribution in [0.2, 0.25) is 0 Å². The highest BCUT2D eigenvalue weighted by Crippen LogP contribution is 2.42.